The van der Waals surface area contributed by atoms with Crippen LogP contribution >= 0.6 is 12.6 Å². The van der Waals surface area contributed by atoms with E-state index < -0.39 is 29.0 Å². The number of thiol groups is 1. The number of carbonyl (C=O) groups excluding carboxylic acids is 2. The molecule has 0 fully saturated rings. The molecule has 1 aromatic rings. The Kier molecular flexibility index (Phi) is 5.76. The monoisotopic (exact) mass is 295 g/mol. The van der Waals surface area contributed by atoms with E-state index in [0.29, 0.717) is 0 Å². The maximum absolute atomic E-state index is 12.1. The molecule has 6 heteroatoms. The largest absolute Gasteiger partial charge is 0.479 e. The molecule has 1 rings (SSSR count). The second-order valence-electron chi connectivity index (χ2n) is 4.70. The summed E-state index contributed by atoms with van der Waals surface area (Å²) in [7, 11) is 0. The van der Waals surface area contributed by atoms with Crippen molar-refractivity contribution in [3.05, 3.63) is 35.9 Å². The number of hydrogen-bond donors (Lipinski definition) is 3. The van der Waals surface area contributed by atoms with E-state index in [1.54, 1.807) is 32.0 Å². The van der Waals surface area contributed by atoms with E-state index >= 15 is 0 Å². The van der Waals surface area contributed by atoms with Crippen LogP contribution in [0.15, 0.2) is 30.3 Å². The second-order valence-corrected chi connectivity index (χ2v) is 5.26. The smallest absolute Gasteiger partial charge is 0.334 e. The highest BCUT2D eigenvalue weighted by Crippen LogP contribution is 2.10. The molecular formula is C14H17NO4S. The van der Waals surface area contributed by atoms with Gasteiger partial charge in [0.25, 0.3) is 0 Å². The molecule has 2 N–H and O–H groups in total. The molecule has 0 aromatic heterocycles. The quantitative estimate of drug-likeness (QED) is 0.421. The fourth-order valence-electron chi connectivity index (χ4n) is 1.54. The van der Waals surface area contributed by atoms with Crippen molar-refractivity contribution in [2.75, 3.05) is 0 Å². The maximum atomic E-state index is 12.1. The molecule has 0 saturated carbocycles. The number of amides is 1. The molecule has 2 unspecified atom stereocenters. The van der Waals surface area contributed by atoms with Crippen molar-refractivity contribution in [3.63, 3.8) is 0 Å². The summed E-state index contributed by atoms with van der Waals surface area (Å²) in [5.74, 6) is -2.69. The molecule has 0 bridgehead atoms. The number of aliphatic carboxylic acids is 1. The summed E-state index contributed by atoms with van der Waals surface area (Å²) in [5, 5.41) is 10.7. The second kappa shape index (κ2) is 7.09. The third kappa shape index (κ3) is 4.09. The van der Waals surface area contributed by atoms with Crippen LogP contribution in [-0.2, 0) is 9.59 Å². The lowest BCUT2D eigenvalue weighted by atomic mass is 10.0. The minimum atomic E-state index is -1.60. The number of ketones is 1. The molecule has 0 aliphatic rings. The number of carbonyl (C=O) groups is 3. The van der Waals surface area contributed by atoms with E-state index in [9.17, 15) is 14.4 Å². The minimum Gasteiger partial charge on any atom is -0.479 e. The molecular weight excluding hydrogens is 278 g/mol. The van der Waals surface area contributed by atoms with Gasteiger partial charge in [0.1, 0.15) is 0 Å². The van der Waals surface area contributed by atoms with Gasteiger partial charge in [0, 0.05) is 5.56 Å². The first-order valence-corrected chi connectivity index (χ1v) is 6.66. The zero-order valence-corrected chi connectivity index (χ0v) is 12.1. The Hall–Kier alpha value is -1.82. The lowest BCUT2D eigenvalue weighted by Crippen LogP contribution is -2.49. The summed E-state index contributed by atoms with van der Waals surface area (Å²) in [4.78, 5) is 35.1. The van der Waals surface area contributed by atoms with E-state index in [1.807, 2.05) is 0 Å². The fourth-order valence-corrected chi connectivity index (χ4v) is 1.61. The van der Waals surface area contributed by atoms with Crippen molar-refractivity contribution in [2.24, 2.45) is 5.92 Å². The first-order valence-electron chi connectivity index (χ1n) is 6.15. The van der Waals surface area contributed by atoms with Crippen LogP contribution in [0.5, 0.6) is 0 Å². The topological polar surface area (TPSA) is 83.5 Å². The van der Waals surface area contributed by atoms with E-state index in [4.69, 9.17) is 5.11 Å². The summed E-state index contributed by atoms with van der Waals surface area (Å²) in [6.45, 7) is 3.57. The fraction of sp³-hybridized carbons (Fsp3) is 0.357. The number of nitrogens with one attached hydrogen (secondary N) is 1. The molecule has 1 aromatic carbocycles. The van der Waals surface area contributed by atoms with Crippen LogP contribution in [0.4, 0.5) is 0 Å². The minimum absolute atomic E-state index is 0.0698. The Morgan fingerprint density at radius 2 is 1.70 bits per heavy atom. The average molecular weight is 295 g/mol. The van der Waals surface area contributed by atoms with Crippen LogP contribution in [0, 0.1) is 5.92 Å². The molecule has 1 amide bonds. The molecule has 0 aliphatic carbocycles. The number of benzene rings is 1. The molecule has 0 heterocycles. The van der Waals surface area contributed by atoms with Crippen LogP contribution in [0.1, 0.15) is 24.2 Å². The summed E-state index contributed by atoms with van der Waals surface area (Å²) in [6.07, 6.45) is 0. The van der Waals surface area contributed by atoms with Gasteiger partial charge in [-0.1, -0.05) is 44.2 Å². The number of carboxylic acids is 1. The van der Waals surface area contributed by atoms with Gasteiger partial charge >= 0.3 is 5.97 Å². The van der Waals surface area contributed by atoms with Gasteiger partial charge in [-0.15, -0.1) is 0 Å². The SMILES string of the molecule is CC(C)C(S)C(=O)NC(C(=O)O)C(=O)c1ccccc1. The van der Waals surface area contributed by atoms with Gasteiger partial charge in [-0.3, -0.25) is 9.59 Å². The van der Waals surface area contributed by atoms with Crippen molar-refractivity contribution in [2.45, 2.75) is 25.1 Å². The molecule has 108 valence electrons. The normalized spacial score (nSPS) is 13.6. The summed E-state index contributed by atoms with van der Waals surface area (Å²) < 4.78 is 0. The molecule has 2 atom stereocenters. The van der Waals surface area contributed by atoms with Gasteiger partial charge < -0.3 is 10.4 Å². The van der Waals surface area contributed by atoms with Crippen molar-refractivity contribution < 1.29 is 19.5 Å². The van der Waals surface area contributed by atoms with Gasteiger partial charge in [0.2, 0.25) is 5.91 Å². The summed E-state index contributed by atoms with van der Waals surface area (Å²) in [5.41, 5.74) is 0.237. The van der Waals surface area contributed by atoms with Crippen molar-refractivity contribution >= 4 is 30.3 Å². The van der Waals surface area contributed by atoms with Crippen LogP contribution < -0.4 is 5.32 Å². The standard InChI is InChI=1S/C14H17NO4S/c1-8(2)12(20)13(17)15-10(14(18)19)11(16)9-6-4-3-5-7-9/h3-8,10,12,20H,1-2H3,(H,15,17)(H,18,19). The van der Waals surface area contributed by atoms with Crippen LogP contribution in [0.2, 0.25) is 0 Å². The van der Waals surface area contributed by atoms with Crippen LogP contribution in [-0.4, -0.2) is 34.1 Å². The molecule has 0 spiro atoms. The van der Waals surface area contributed by atoms with Crippen molar-refractivity contribution in [1.82, 2.24) is 5.32 Å². The Labute approximate surface area is 122 Å². The number of carboxylic acid groups (broad SMARTS) is 1. The Morgan fingerprint density at radius 1 is 1.15 bits per heavy atom. The maximum Gasteiger partial charge on any atom is 0.334 e. The van der Waals surface area contributed by atoms with Gasteiger partial charge in [-0.2, -0.15) is 12.6 Å². The number of hydrogen-bond acceptors (Lipinski definition) is 4. The van der Waals surface area contributed by atoms with E-state index in [2.05, 4.69) is 17.9 Å². The Balaban J connectivity index is 2.88. The highest BCUT2D eigenvalue weighted by atomic mass is 32.1. The lowest BCUT2D eigenvalue weighted by Gasteiger charge is -2.18. The zero-order chi connectivity index (χ0) is 15.3. The first-order chi connectivity index (χ1) is 9.34. The number of Topliss-reactive ketones (excluding diaryl/α,β-unsaturated/α-hetero) is 1. The first kappa shape index (κ1) is 16.2. The Bertz CT molecular complexity index is 501. The molecule has 0 aliphatic heterocycles. The molecule has 20 heavy (non-hydrogen) atoms. The van der Waals surface area contributed by atoms with Gasteiger partial charge in [-0.05, 0) is 5.92 Å². The highest BCUT2D eigenvalue weighted by Gasteiger charge is 2.31. The van der Waals surface area contributed by atoms with Crippen LogP contribution in [0.3, 0.4) is 0 Å². The van der Waals surface area contributed by atoms with E-state index in [-0.39, 0.29) is 11.5 Å². The molecule has 5 nitrogen and oxygen atoms in total. The molecule has 0 radical (unpaired) electrons. The summed E-state index contributed by atoms with van der Waals surface area (Å²) >= 11 is 4.10. The summed E-state index contributed by atoms with van der Waals surface area (Å²) in [6, 6.07) is 6.38. The van der Waals surface area contributed by atoms with E-state index in [1.165, 1.54) is 12.1 Å². The predicted molar refractivity (Wildman–Crippen MR) is 78.0 cm³/mol. The van der Waals surface area contributed by atoms with Gasteiger partial charge in [0.05, 0.1) is 5.25 Å². The van der Waals surface area contributed by atoms with Crippen LogP contribution in [0.25, 0.3) is 0 Å². The number of rotatable bonds is 6. The van der Waals surface area contributed by atoms with Crippen molar-refractivity contribution in [1.29, 1.82) is 0 Å². The third-order valence-corrected chi connectivity index (χ3v) is 3.58. The zero-order valence-electron chi connectivity index (χ0n) is 11.2. The van der Waals surface area contributed by atoms with Gasteiger partial charge in [0.15, 0.2) is 11.8 Å². The lowest BCUT2D eigenvalue weighted by molar-refractivity contribution is -0.140. The van der Waals surface area contributed by atoms with E-state index in [0.717, 1.165) is 0 Å². The van der Waals surface area contributed by atoms with Gasteiger partial charge in [-0.25, -0.2) is 4.79 Å². The van der Waals surface area contributed by atoms with Crippen molar-refractivity contribution in [3.8, 4) is 0 Å². The Morgan fingerprint density at radius 3 is 2.15 bits per heavy atom. The highest BCUT2D eigenvalue weighted by molar-refractivity contribution is 7.81. The predicted octanol–water partition coefficient (Wildman–Crippen LogP) is 1.39. The average Bonchev–Trinajstić information content (AvgIpc) is 2.43. The molecule has 0 saturated heterocycles. The third-order valence-electron chi connectivity index (χ3n) is 2.75.